The molecule has 1 atom stereocenters. The molecule has 1 aromatic rings. The fourth-order valence-corrected chi connectivity index (χ4v) is 2.01. The molecule has 1 heteroatoms. The van der Waals surface area contributed by atoms with E-state index in [-0.39, 0.29) is 0 Å². The van der Waals surface area contributed by atoms with Crippen LogP contribution in [0.15, 0.2) is 18.2 Å². The molecular weight excluding hydrogens is 212 g/mol. The number of halogens is 1. The van der Waals surface area contributed by atoms with E-state index < -0.39 is 0 Å². The number of aryl methyl sites for hydroxylation is 1. The van der Waals surface area contributed by atoms with E-state index in [0.29, 0.717) is 4.83 Å². The van der Waals surface area contributed by atoms with Crippen molar-refractivity contribution in [3.05, 3.63) is 34.9 Å². The van der Waals surface area contributed by atoms with Crippen LogP contribution in [0.25, 0.3) is 0 Å². The molecule has 0 bridgehead atoms. The smallest absolute Gasteiger partial charge is 0.0369 e. The van der Waals surface area contributed by atoms with Gasteiger partial charge in [-0.3, -0.25) is 0 Å². The van der Waals surface area contributed by atoms with Crippen LogP contribution < -0.4 is 0 Å². The Morgan fingerprint density at radius 3 is 2.50 bits per heavy atom. The summed E-state index contributed by atoms with van der Waals surface area (Å²) in [6.07, 6.45) is 1.12. The van der Waals surface area contributed by atoms with Crippen LogP contribution in [0.4, 0.5) is 0 Å². The molecular formula is C11H15Br. The third-order valence-corrected chi connectivity index (χ3v) is 2.72. The molecule has 0 aliphatic carbocycles. The van der Waals surface area contributed by atoms with E-state index in [0.717, 1.165) is 6.42 Å². The number of benzene rings is 1. The molecule has 0 N–H and O–H groups in total. The second-order valence-electron chi connectivity index (χ2n) is 3.11. The molecule has 0 spiro atoms. The van der Waals surface area contributed by atoms with E-state index >= 15 is 0 Å². The molecule has 0 saturated carbocycles. The Bertz CT molecular complexity index is 264. The summed E-state index contributed by atoms with van der Waals surface area (Å²) in [6, 6.07) is 6.50. The Labute approximate surface area is 83.1 Å². The van der Waals surface area contributed by atoms with Gasteiger partial charge in [0.1, 0.15) is 0 Å². The summed E-state index contributed by atoms with van der Waals surface area (Å²) in [5.41, 5.74) is 4.32. The molecule has 0 aliphatic rings. The zero-order chi connectivity index (χ0) is 9.14. The summed E-state index contributed by atoms with van der Waals surface area (Å²) in [5.74, 6) is 0. The van der Waals surface area contributed by atoms with Gasteiger partial charge in [0.25, 0.3) is 0 Å². The van der Waals surface area contributed by atoms with Crippen LogP contribution in [0.5, 0.6) is 0 Å². The largest absolute Gasteiger partial charge is 0.0842 e. The fourth-order valence-electron chi connectivity index (χ4n) is 1.58. The SMILES string of the molecule is CCc1c(C)cccc1C(C)Br. The summed E-state index contributed by atoms with van der Waals surface area (Å²) < 4.78 is 0. The van der Waals surface area contributed by atoms with E-state index in [2.05, 4.69) is 54.9 Å². The van der Waals surface area contributed by atoms with Gasteiger partial charge in [0.2, 0.25) is 0 Å². The first kappa shape index (κ1) is 9.79. The fraction of sp³-hybridized carbons (Fsp3) is 0.455. The second kappa shape index (κ2) is 4.08. The average molecular weight is 227 g/mol. The van der Waals surface area contributed by atoms with Crippen LogP contribution in [0.2, 0.25) is 0 Å². The lowest BCUT2D eigenvalue weighted by Crippen LogP contribution is -1.95. The second-order valence-corrected chi connectivity index (χ2v) is 4.49. The zero-order valence-electron chi connectivity index (χ0n) is 7.89. The van der Waals surface area contributed by atoms with Gasteiger partial charge in [0.15, 0.2) is 0 Å². The van der Waals surface area contributed by atoms with Crippen molar-refractivity contribution in [2.24, 2.45) is 0 Å². The van der Waals surface area contributed by atoms with E-state index in [1.54, 1.807) is 0 Å². The Balaban J connectivity index is 3.18. The van der Waals surface area contributed by atoms with Crippen LogP contribution in [-0.2, 0) is 6.42 Å². The molecule has 0 radical (unpaired) electrons. The molecule has 0 amide bonds. The lowest BCUT2D eigenvalue weighted by atomic mass is 9.98. The van der Waals surface area contributed by atoms with Crippen molar-refractivity contribution in [1.82, 2.24) is 0 Å². The average Bonchev–Trinajstić information content (AvgIpc) is 2.03. The predicted molar refractivity (Wildman–Crippen MR) is 57.9 cm³/mol. The Hall–Kier alpha value is -0.300. The molecule has 66 valence electrons. The van der Waals surface area contributed by atoms with Gasteiger partial charge >= 0.3 is 0 Å². The highest BCUT2D eigenvalue weighted by Gasteiger charge is 2.07. The van der Waals surface area contributed by atoms with Gasteiger partial charge < -0.3 is 0 Å². The zero-order valence-corrected chi connectivity index (χ0v) is 9.48. The van der Waals surface area contributed by atoms with Crippen LogP contribution in [0.3, 0.4) is 0 Å². The summed E-state index contributed by atoms with van der Waals surface area (Å²) >= 11 is 3.61. The Morgan fingerprint density at radius 2 is 2.08 bits per heavy atom. The van der Waals surface area contributed by atoms with Crippen molar-refractivity contribution in [2.75, 3.05) is 0 Å². The van der Waals surface area contributed by atoms with E-state index in [4.69, 9.17) is 0 Å². The van der Waals surface area contributed by atoms with Crippen LogP contribution in [-0.4, -0.2) is 0 Å². The van der Waals surface area contributed by atoms with Crippen LogP contribution >= 0.6 is 15.9 Å². The highest BCUT2D eigenvalue weighted by molar-refractivity contribution is 9.09. The molecule has 0 aliphatic heterocycles. The van der Waals surface area contributed by atoms with E-state index in [1.807, 2.05) is 0 Å². The molecule has 1 unspecified atom stereocenters. The minimum Gasteiger partial charge on any atom is -0.0842 e. The predicted octanol–water partition coefficient (Wildman–Crippen LogP) is 4.01. The van der Waals surface area contributed by atoms with Crippen molar-refractivity contribution in [3.8, 4) is 0 Å². The first-order chi connectivity index (χ1) is 5.66. The molecule has 1 aromatic carbocycles. The van der Waals surface area contributed by atoms with Crippen LogP contribution in [0.1, 0.15) is 35.4 Å². The lowest BCUT2D eigenvalue weighted by Gasteiger charge is -2.12. The highest BCUT2D eigenvalue weighted by Crippen LogP contribution is 2.27. The number of alkyl halides is 1. The van der Waals surface area contributed by atoms with Crippen molar-refractivity contribution < 1.29 is 0 Å². The lowest BCUT2D eigenvalue weighted by molar-refractivity contribution is 1.01. The van der Waals surface area contributed by atoms with Gasteiger partial charge in [-0.15, -0.1) is 0 Å². The first-order valence-electron chi connectivity index (χ1n) is 4.39. The topological polar surface area (TPSA) is 0 Å². The summed E-state index contributed by atoms with van der Waals surface area (Å²) in [5, 5.41) is 0. The highest BCUT2D eigenvalue weighted by atomic mass is 79.9. The maximum Gasteiger partial charge on any atom is 0.0369 e. The summed E-state index contributed by atoms with van der Waals surface area (Å²) in [6.45, 7) is 6.56. The maximum absolute atomic E-state index is 3.61. The Morgan fingerprint density at radius 1 is 1.42 bits per heavy atom. The Kier molecular flexibility index (Phi) is 3.33. The quantitative estimate of drug-likeness (QED) is 0.669. The molecule has 12 heavy (non-hydrogen) atoms. The third kappa shape index (κ3) is 1.89. The van der Waals surface area contributed by atoms with E-state index in [9.17, 15) is 0 Å². The van der Waals surface area contributed by atoms with Crippen molar-refractivity contribution in [1.29, 1.82) is 0 Å². The molecule has 0 aromatic heterocycles. The van der Waals surface area contributed by atoms with Gasteiger partial charge in [-0.2, -0.15) is 0 Å². The van der Waals surface area contributed by atoms with Gasteiger partial charge in [0, 0.05) is 4.83 Å². The summed E-state index contributed by atoms with van der Waals surface area (Å²) in [4.78, 5) is 0.465. The van der Waals surface area contributed by atoms with Crippen molar-refractivity contribution >= 4 is 15.9 Å². The molecule has 1 rings (SSSR count). The van der Waals surface area contributed by atoms with Gasteiger partial charge in [-0.1, -0.05) is 41.1 Å². The first-order valence-corrected chi connectivity index (χ1v) is 5.30. The van der Waals surface area contributed by atoms with E-state index in [1.165, 1.54) is 16.7 Å². The number of hydrogen-bond acceptors (Lipinski definition) is 0. The monoisotopic (exact) mass is 226 g/mol. The van der Waals surface area contributed by atoms with Gasteiger partial charge in [0.05, 0.1) is 0 Å². The minimum atomic E-state index is 0.465. The molecule has 0 saturated heterocycles. The van der Waals surface area contributed by atoms with Crippen LogP contribution in [0, 0.1) is 6.92 Å². The van der Waals surface area contributed by atoms with Gasteiger partial charge in [-0.05, 0) is 37.0 Å². The minimum absolute atomic E-state index is 0.465. The number of rotatable bonds is 2. The third-order valence-electron chi connectivity index (χ3n) is 2.23. The molecule has 0 heterocycles. The van der Waals surface area contributed by atoms with Crippen molar-refractivity contribution in [2.45, 2.75) is 32.0 Å². The standard InChI is InChI=1S/C11H15Br/c1-4-10-8(2)6-5-7-11(10)9(3)12/h5-7,9H,4H2,1-3H3. The van der Waals surface area contributed by atoms with Crippen molar-refractivity contribution in [3.63, 3.8) is 0 Å². The number of hydrogen-bond donors (Lipinski definition) is 0. The molecule has 0 nitrogen and oxygen atoms in total. The van der Waals surface area contributed by atoms with Gasteiger partial charge in [-0.25, -0.2) is 0 Å². The molecule has 0 fully saturated rings. The summed E-state index contributed by atoms with van der Waals surface area (Å²) in [7, 11) is 0. The normalized spacial score (nSPS) is 13.0. The maximum atomic E-state index is 3.61.